The second kappa shape index (κ2) is 16.3. The molecule has 140 valence electrons. The van der Waals surface area contributed by atoms with Gasteiger partial charge in [0.05, 0.1) is 70.4 Å². The zero-order chi connectivity index (χ0) is 17.9. The molecule has 0 rings (SSSR count). The third-order valence-corrected chi connectivity index (χ3v) is 2.95. The van der Waals surface area contributed by atoms with E-state index >= 15 is 0 Å². The van der Waals surface area contributed by atoms with Crippen LogP contribution in [-0.4, -0.2) is 71.2 Å². The number of aliphatic hydroxyl groups is 1. The second-order valence-corrected chi connectivity index (χ2v) is 4.93. The summed E-state index contributed by atoms with van der Waals surface area (Å²) in [5, 5.41) is 9.80. The molecule has 0 aliphatic rings. The van der Waals surface area contributed by atoms with E-state index in [-0.39, 0.29) is 26.4 Å². The monoisotopic (exact) mass is 346 g/mol. The van der Waals surface area contributed by atoms with Crippen LogP contribution in [0.4, 0.5) is 0 Å². The number of hydrogen-bond donors (Lipinski definition) is 1. The number of aliphatic hydroxyl groups excluding tert-OH is 1. The Bertz CT molecular complexity index is 275. The Morgan fingerprint density at radius 2 is 0.958 bits per heavy atom. The Hall–Kier alpha value is -1.54. The van der Waals surface area contributed by atoms with Gasteiger partial charge in [-0.1, -0.05) is 19.7 Å². The van der Waals surface area contributed by atoms with Crippen molar-refractivity contribution in [3.8, 4) is 0 Å². The Balaban J connectivity index is 4.29. The average Bonchev–Trinajstić information content (AvgIpc) is 2.60. The van der Waals surface area contributed by atoms with E-state index < -0.39 is 5.41 Å². The maximum Gasteiger partial charge on any atom is 0.111 e. The van der Waals surface area contributed by atoms with Crippen molar-refractivity contribution in [2.24, 2.45) is 5.41 Å². The first kappa shape index (κ1) is 22.5. The van der Waals surface area contributed by atoms with Crippen LogP contribution in [0.1, 0.15) is 0 Å². The minimum absolute atomic E-state index is 0.139. The van der Waals surface area contributed by atoms with Gasteiger partial charge < -0.3 is 33.5 Å². The van der Waals surface area contributed by atoms with Gasteiger partial charge in [0.2, 0.25) is 0 Å². The smallest absolute Gasteiger partial charge is 0.111 e. The molecule has 7 heteroatoms. The van der Waals surface area contributed by atoms with Crippen LogP contribution >= 0.6 is 0 Å². The predicted octanol–water partition coefficient (Wildman–Crippen LogP) is 1.50. The van der Waals surface area contributed by atoms with E-state index in [9.17, 15) is 5.11 Å². The number of hydrogen-bond acceptors (Lipinski definition) is 7. The summed E-state index contributed by atoms with van der Waals surface area (Å²) in [6, 6.07) is 0. The first-order valence-electron chi connectivity index (χ1n) is 7.76. The Labute approximate surface area is 144 Å². The van der Waals surface area contributed by atoms with E-state index in [1.165, 1.54) is 18.8 Å². The molecule has 0 spiro atoms. The maximum atomic E-state index is 9.80. The summed E-state index contributed by atoms with van der Waals surface area (Å²) in [5.41, 5.74) is -0.670. The molecule has 0 aromatic carbocycles. The standard InChI is InChI=1S/C17H30O7/c1-4-19-7-10-22-14-17(13-18,15-23-11-8-20-5-2)16-24-12-9-21-6-3/h4-6,18H,1-3,7-16H2. The lowest BCUT2D eigenvalue weighted by atomic mass is 9.92. The summed E-state index contributed by atoms with van der Waals surface area (Å²) < 4.78 is 31.7. The average molecular weight is 346 g/mol. The van der Waals surface area contributed by atoms with Crippen LogP contribution in [0, 0.1) is 5.41 Å². The van der Waals surface area contributed by atoms with Crippen molar-refractivity contribution < 1.29 is 33.5 Å². The van der Waals surface area contributed by atoms with Crippen LogP contribution in [0.15, 0.2) is 38.5 Å². The summed E-state index contributed by atoms with van der Waals surface area (Å²) in [6.07, 6.45) is 4.07. The molecule has 24 heavy (non-hydrogen) atoms. The molecule has 0 radical (unpaired) electrons. The van der Waals surface area contributed by atoms with Gasteiger partial charge in [-0.05, 0) is 0 Å². The fourth-order valence-electron chi connectivity index (χ4n) is 1.70. The highest BCUT2D eigenvalue weighted by Crippen LogP contribution is 2.19. The van der Waals surface area contributed by atoms with Crippen molar-refractivity contribution >= 4 is 0 Å². The molecular weight excluding hydrogens is 316 g/mol. The van der Waals surface area contributed by atoms with E-state index in [4.69, 9.17) is 28.4 Å². The van der Waals surface area contributed by atoms with Gasteiger partial charge in [0.1, 0.15) is 19.8 Å². The van der Waals surface area contributed by atoms with Gasteiger partial charge in [-0.25, -0.2) is 0 Å². The molecule has 0 aliphatic carbocycles. The molecule has 0 heterocycles. The fraction of sp³-hybridized carbons (Fsp3) is 0.647. The van der Waals surface area contributed by atoms with Crippen LogP contribution < -0.4 is 0 Å². The number of rotatable bonds is 19. The van der Waals surface area contributed by atoms with Gasteiger partial charge >= 0.3 is 0 Å². The fourth-order valence-corrected chi connectivity index (χ4v) is 1.70. The van der Waals surface area contributed by atoms with E-state index in [0.29, 0.717) is 39.6 Å². The topological polar surface area (TPSA) is 75.6 Å². The highest BCUT2D eigenvalue weighted by Gasteiger charge is 2.31. The minimum Gasteiger partial charge on any atom is -0.499 e. The molecule has 0 saturated heterocycles. The third-order valence-electron chi connectivity index (χ3n) is 2.95. The molecule has 0 unspecified atom stereocenters. The van der Waals surface area contributed by atoms with Crippen molar-refractivity contribution in [3.05, 3.63) is 38.5 Å². The van der Waals surface area contributed by atoms with Crippen molar-refractivity contribution in [2.45, 2.75) is 0 Å². The molecule has 0 fully saturated rings. The summed E-state index contributed by atoms with van der Waals surface area (Å²) in [5.74, 6) is 0. The van der Waals surface area contributed by atoms with Crippen LogP contribution in [0.2, 0.25) is 0 Å². The summed E-state index contributed by atoms with van der Waals surface area (Å²) in [4.78, 5) is 0. The Morgan fingerprint density at radius 1 is 0.625 bits per heavy atom. The van der Waals surface area contributed by atoms with Crippen molar-refractivity contribution in [3.63, 3.8) is 0 Å². The van der Waals surface area contributed by atoms with E-state index in [2.05, 4.69) is 19.7 Å². The molecular formula is C17H30O7. The van der Waals surface area contributed by atoms with Crippen LogP contribution in [0.5, 0.6) is 0 Å². The van der Waals surface area contributed by atoms with Crippen LogP contribution in [0.25, 0.3) is 0 Å². The molecule has 0 aliphatic heterocycles. The summed E-state index contributed by atoms with van der Waals surface area (Å²) in [7, 11) is 0. The third kappa shape index (κ3) is 12.0. The zero-order valence-corrected chi connectivity index (χ0v) is 14.3. The second-order valence-electron chi connectivity index (χ2n) is 4.93. The highest BCUT2D eigenvalue weighted by atomic mass is 16.5. The lowest BCUT2D eigenvalue weighted by molar-refractivity contribution is -0.101. The van der Waals surface area contributed by atoms with Crippen molar-refractivity contribution in [1.82, 2.24) is 0 Å². The van der Waals surface area contributed by atoms with Gasteiger partial charge in [0.25, 0.3) is 0 Å². The predicted molar refractivity (Wildman–Crippen MR) is 90.4 cm³/mol. The van der Waals surface area contributed by atoms with E-state index in [1.807, 2.05) is 0 Å². The van der Waals surface area contributed by atoms with Gasteiger partial charge in [0, 0.05) is 0 Å². The largest absolute Gasteiger partial charge is 0.499 e. The SMILES string of the molecule is C=COCCOCC(CO)(COCCOC=C)COCCOC=C. The summed E-state index contributed by atoms with van der Waals surface area (Å²) >= 11 is 0. The normalized spacial score (nSPS) is 10.9. The van der Waals surface area contributed by atoms with Gasteiger partial charge in [-0.15, -0.1) is 0 Å². The first-order valence-corrected chi connectivity index (χ1v) is 7.76. The van der Waals surface area contributed by atoms with Crippen LogP contribution in [0.3, 0.4) is 0 Å². The molecule has 0 aromatic rings. The molecule has 0 bridgehead atoms. The summed E-state index contributed by atoms with van der Waals surface area (Å²) in [6.45, 7) is 13.4. The van der Waals surface area contributed by atoms with Crippen molar-refractivity contribution in [1.29, 1.82) is 0 Å². The molecule has 0 saturated carbocycles. The lowest BCUT2D eigenvalue weighted by Crippen LogP contribution is -2.41. The first-order chi connectivity index (χ1) is 11.7. The van der Waals surface area contributed by atoms with Gasteiger partial charge in [-0.3, -0.25) is 0 Å². The van der Waals surface area contributed by atoms with Crippen molar-refractivity contribution in [2.75, 3.05) is 66.1 Å². The van der Waals surface area contributed by atoms with Gasteiger partial charge in [-0.2, -0.15) is 0 Å². The molecule has 7 nitrogen and oxygen atoms in total. The minimum atomic E-state index is -0.670. The highest BCUT2D eigenvalue weighted by molar-refractivity contribution is 4.78. The Morgan fingerprint density at radius 3 is 1.21 bits per heavy atom. The Kier molecular flexibility index (Phi) is 15.3. The molecule has 1 N–H and O–H groups in total. The molecule has 0 amide bonds. The lowest BCUT2D eigenvalue weighted by Gasteiger charge is -2.31. The van der Waals surface area contributed by atoms with E-state index in [0.717, 1.165) is 0 Å². The quantitative estimate of drug-likeness (QED) is 0.280. The maximum absolute atomic E-state index is 9.80. The number of ether oxygens (including phenoxy) is 6. The zero-order valence-electron chi connectivity index (χ0n) is 14.3. The van der Waals surface area contributed by atoms with Gasteiger partial charge in [0.15, 0.2) is 0 Å². The van der Waals surface area contributed by atoms with E-state index in [1.54, 1.807) is 0 Å². The van der Waals surface area contributed by atoms with Crippen LogP contribution in [-0.2, 0) is 28.4 Å². The molecule has 0 aromatic heterocycles. The molecule has 0 atom stereocenters.